The Morgan fingerprint density at radius 1 is 1.00 bits per heavy atom. The maximum absolute atomic E-state index is 12.6. The van der Waals surface area contributed by atoms with Crippen molar-refractivity contribution in [2.45, 2.75) is 13.5 Å². The number of aryl methyl sites for hydroxylation is 1. The normalized spacial score (nSPS) is 11.1. The third-order valence-electron chi connectivity index (χ3n) is 4.73. The third-order valence-corrected chi connectivity index (χ3v) is 4.73. The smallest absolute Gasteiger partial charge is 0.255 e. The van der Waals surface area contributed by atoms with Gasteiger partial charge in [0, 0.05) is 30.4 Å². The lowest BCUT2D eigenvalue weighted by atomic mass is 10.2. The predicted octanol–water partition coefficient (Wildman–Crippen LogP) is 3.33. The van der Waals surface area contributed by atoms with E-state index in [9.17, 15) is 4.79 Å². The summed E-state index contributed by atoms with van der Waals surface area (Å²) < 4.78 is 5.50. The predicted molar refractivity (Wildman–Crippen MR) is 113 cm³/mol. The lowest BCUT2D eigenvalue weighted by Crippen LogP contribution is -2.11. The molecule has 0 aliphatic carbocycles. The van der Waals surface area contributed by atoms with Crippen LogP contribution in [0.25, 0.3) is 11.3 Å². The SMILES string of the molecule is Cc1cnn(-c2ccc(C(=O)Nc3cnn(Cc4cn5ccccc5n4)c3)cc2)c1. The van der Waals surface area contributed by atoms with Crippen molar-refractivity contribution in [2.24, 2.45) is 0 Å². The molecule has 4 aromatic heterocycles. The van der Waals surface area contributed by atoms with Gasteiger partial charge in [-0.3, -0.25) is 9.48 Å². The van der Waals surface area contributed by atoms with Crippen LogP contribution in [0, 0.1) is 6.92 Å². The largest absolute Gasteiger partial charge is 0.319 e. The Balaban J connectivity index is 1.26. The zero-order chi connectivity index (χ0) is 20.5. The molecule has 0 fully saturated rings. The van der Waals surface area contributed by atoms with Gasteiger partial charge in [-0.2, -0.15) is 10.2 Å². The Hall–Kier alpha value is -4.20. The van der Waals surface area contributed by atoms with E-state index in [0.717, 1.165) is 22.6 Å². The molecule has 0 unspecified atom stereocenters. The number of imidazole rings is 1. The summed E-state index contributed by atoms with van der Waals surface area (Å²) in [6.07, 6.45) is 11.1. The molecule has 30 heavy (non-hydrogen) atoms. The van der Waals surface area contributed by atoms with Gasteiger partial charge in [-0.1, -0.05) is 6.07 Å². The number of benzene rings is 1. The van der Waals surface area contributed by atoms with Crippen LogP contribution in [0.2, 0.25) is 0 Å². The fraction of sp³-hybridized carbons (Fsp3) is 0.0909. The molecule has 1 amide bonds. The molecule has 1 N–H and O–H groups in total. The molecule has 148 valence electrons. The van der Waals surface area contributed by atoms with Crippen LogP contribution in [0.1, 0.15) is 21.6 Å². The number of hydrogen-bond donors (Lipinski definition) is 1. The Labute approximate surface area is 172 Å². The second kappa shape index (κ2) is 7.32. The molecule has 0 atom stereocenters. The average Bonchev–Trinajstić information content (AvgIpc) is 3.48. The van der Waals surface area contributed by atoms with E-state index in [2.05, 4.69) is 20.5 Å². The first-order valence-corrected chi connectivity index (χ1v) is 9.52. The van der Waals surface area contributed by atoms with E-state index in [4.69, 9.17) is 0 Å². The molecule has 0 saturated carbocycles. The number of amides is 1. The molecule has 0 spiro atoms. The van der Waals surface area contributed by atoms with Gasteiger partial charge in [0.1, 0.15) is 5.65 Å². The van der Waals surface area contributed by atoms with Gasteiger partial charge in [0.25, 0.3) is 5.91 Å². The molecule has 8 nitrogen and oxygen atoms in total. The van der Waals surface area contributed by atoms with E-state index in [1.807, 2.05) is 60.2 Å². The summed E-state index contributed by atoms with van der Waals surface area (Å²) in [5.41, 5.74) is 4.97. The molecule has 5 rings (SSSR count). The summed E-state index contributed by atoms with van der Waals surface area (Å²) in [6.45, 7) is 2.51. The van der Waals surface area contributed by atoms with Crippen LogP contribution >= 0.6 is 0 Å². The van der Waals surface area contributed by atoms with Gasteiger partial charge in [-0.15, -0.1) is 0 Å². The first kappa shape index (κ1) is 17.9. The summed E-state index contributed by atoms with van der Waals surface area (Å²) in [5, 5.41) is 11.5. The maximum atomic E-state index is 12.6. The zero-order valence-electron chi connectivity index (χ0n) is 16.3. The van der Waals surface area contributed by atoms with Crippen LogP contribution < -0.4 is 5.32 Å². The van der Waals surface area contributed by atoms with E-state index in [1.54, 1.807) is 40.1 Å². The van der Waals surface area contributed by atoms with Crippen LogP contribution in [0.3, 0.4) is 0 Å². The molecule has 8 heteroatoms. The Morgan fingerprint density at radius 3 is 2.63 bits per heavy atom. The molecule has 0 saturated heterocycles. The van der Waals surface area contributed by atoms with Crippen LogP contribution in [0.15, 0.2) is 79.6 Å². The Bertz CT molecular complexity index is 1290. The number of nitrogens with one attached hydrogen (secondary N) is 1. The van der Waals surface area contributed by atoms with Crippen molar-refractivity contribution in [3.05, 3.63) is 96.5 Å². The molecule has 0 aliphatic rings. The molecule has 0 radical (unpaired) electrons. The van der Waals surface area contributed by atoms with E-state index in [0.29, 0.717) is 17.8 Å². The Kier molecular flexibility index (Phi) is 4.36. The highest BCUT2D eigenvalue weighted by atomic mass is 16.1. The van der Waals surface area contributed by atoms with Crippen LogP contribution in [0.4, 0.5) is 5.69 Å². The van der Waals surface area contributed by atoms with Gasteiger partial charge < -0.3 is 9.72 Å². The molecule has 5 aromatic rings. The summed E-state index contributed by atoms with van der Waals surface area (Å²) in [7, 11) is 0. The standard InChI is InChI=1S/C22H19N7O/c1-16-10-24-29(12-16)20-7-5-17(6-8-20)22(30)26-18-11-23-28(14-18)15-19-13-27-9-3-2-4-21(27)25-19/h2-14H,15H2,1H3,(H,26,30). The highest BCUT2D eigenvalue weighted by Crippen LogP contribution is 2.13. The van der Waals surface area contributed by atoms with Gasteiger partial charge in [-0.05, 0) is 48.9 Å². The van der Waals surface area contributed by atoms with Gasteiger partial charge in [0.2, 0.25) is 0 Å². The van der Waals surface area contributed by atoms with Crippen molar-refractivity contribution in [1.29, 1.82) is 0 Å². The van der Waals surface area contributed by atoms with Crippen molar-refractivity contribution >= 4 is 17.2 Å². The number of aromatic nitrogens is 6. The average molecular weight is 397 g/mol. The van der Waals surface area contributed by atoms with Crippen LogP contribution in [-0.4, -0.2) is 34.9 Å². The lowest BCUT2D eigenvalue weighted by Gasteiger charge is -2.05. The zero-order valence-corrected chi connectivity index (χ0v) is 16.3. The summed E-state index contributed by atoms with van der Waals surface area (Å²) in [5.74, 6) is -0.189. The van der Waals surface area contributed by atoms with Crippen LogP contribution in [-0.2, 0) is 6.54 Å². The Morgan fingerprint density at radius 2 is 1.87 bits per heavy atom. The van der Waals surface area contributed by atoms with Crippen molar-refractivity contribution in [3.63, 3.8) is 0 Å². The summed E-state index contributed by atoms with van der Waals surface area (Å²) in [4.78, 5) is 17.1. The first-order chi connectivity index (χ1) is 14.6. The van der Waals surface area contributed by atoms with Crippen LogP contribution in [0.5, 0.6) is 0 Å². The highest BCUT2D eigenvalue weighted by molar-refractivity contribution is 6.04. The molecule has 1 aromatic carbocycles. The number of fused-ring (bicyclic) bond motifs is 1. The lowest BCUT2D eigenvalue weighted by molar-refractivity contribution is 0.102. The minimum Gasteiger partial charge on any atom is -0.319 e. The van der Waals surface area contributed by atoms with Crippen molar-refractivity contribution in [2.75, 3.05) is 5.32 Å². The minimum atomic E-state index is -0.189. The number of rotatable bonds is 5. The number of pyridine rings is 1. The maximum Gasteiger partial charge on any atom is 0.255 e. The summed E-state index contributed by atoms with van der Waals surface area (Å²) >= 11 is 0. The number of anilines is 1. The van der Waals surface area contributed by atoms with Gasteiger partial charge in [0.15, 0.2) is 0 Å². The molecule has 0 aliphatic heterocycles. The van der Waals surface area contributed by atoms with Gasteiger partial charge >= 0.3 is 0 Å². The number of nitrogens with zero attached hydrogens (tertiary/aromatic N) is 6. The van der Waals surface area contributed by atoms with E-state index >= 15 is 0 Å². The van der Waals surface area contributed by atoms with Crippen molar-refractivity contribution in [1.82, 2.24) is 28.9 Å². The summed E-state index contributed by atoms with van der Waals surface area (Å²) in [6, 6.07) is 13.2. The van der Waals surface area contributed by atoms with Crippen molar-refractivity contribution < 1.29 is 4.79 Å². The first-order valence-electron chi connectivity index (χ1n) is 9.52. The minimum absolute atomic E-state index is 0.189. The van der Waals surface area contributed by atoms with E-state index < -0.39 is 0 Å². The second-order valence-electron chi connectivity index (χ2n) is 7.09. The highest BCUT2D eigenvalue weighted by Gasteiger charge is 2.09. The molecular formula is C22H19N7O. The van der Waals surface area contributed by atoms with E-state index in [-0.39, 0.29) is 5.91 Å². The van der Waals surface area contributed by atoms with Gasteiger partial charge in [0.05, 0.1) is 36.0 Å². The monoisotopic (exact) mass is 397 g/mol. The van der Waals surface area contributed by atoms with Gasteiger partial charge in [-0.25, -0.2) is 9.67 Å². The fourth-order valence-electron chi connectivity index (χ4n) is 3.27. The molecule has 4 heterocycles. The second-order valence-corrected chi connectivity index (χ2v) is 7.09. The quantitative estimate of drug-likeness (QED) is 0.493. The fourth-order valence-corrected chi connectivity index (χ4v) is 3.27. The van der Waals surface area contributed by atoms with E-state index in [1.165, 1.54) is 0 Å². The van der Waals surface area contributed by atoms with Crippen molar-refractivity contribution in [3.8, 4) is 5.69 Å². The number of carbonyl (C=O) groups excluding carboxylic acids is 1. The number of carbonyl (C=O) groups is 1. The topological polar surface area (TPSA) is 82.0 Å². The molecule has 0 bridgehead atoms. The number of hydrogen-bond acceptors (Lipinski definition) is 4. The third kappa shape index (κ3) is 3.58. The molecular weight excluding hydrogens is 378 g/mol.